The second-order valence-electron chi connectivity index (χ2n) is 5.89. The van der Waals surface area contributed by atoms with E-state index in [-0.39, 0.29) is 37.2 Å². The Morgan fingerprint density at radius 3 is 2.32 bits per heavy atom. The van der Waals surface area contributed by atoms with E-state index in [1.807, 2.05) is 13.8 Å². The number of alkyl halides is 3. The summed E-state index contributed by atoms with van der Waals surface area (Å²) in [6.45, 7) is 4.48. The molecule has 0 saturated heterocycles. The minimum Gasteiger partial charge on any atom is -0.484 e. The fraction of sp³-hybridized carbons (Fsp3) is 0.588. The number of rotatable bonds is 8. The number of carbonyl (C=O) groups excluding carboxylic acids is 1. The van der Waals surface area contributed by atoms with Gasteiger partial charge in [-0.25, -0.2) is 0 Å². The largest absolute Gasteiger partial charge is 0.484 e. The first-order valence-corrected chi connectivity index (χ1v) is 7.95. The van der Waals surface area contributed by atoms with E-state index in [1.54, 1.807) is 19.1 Å². The van der Waals surface area contributed by atoms with Crippen LogP contribution in [-0.2, 0) is 11.3 Å². The van der Waals surface area contributed by atoms with Crippen LogP contribution in [0.15, 0.2) is 18.2 Å². The average molecular weight is 383 g/mol. The maximum Gasteiger partial charge on any atom is 0.422 e. The molecule has 0 spiro atoms. The standard InChI is InChI=1S/C17H25F3N2O2.ClH/c1-4-16(5-2,10-21)15(23)22-9-13-7-6-12(3)8-14(13)24-11-17(18,19)20;/h6-8H,4-5,9-11,21H2,1-3H3,(H,22,23);1H. The topological polar surface area (TPSA) is 64.4 Å². The Hall–Kier alpha value is -1.47. The third-order valence-electron chi connectivity index (χ3n) is 4.28. The third-order valence-corrected chi connectivity index (χ3v) is 4.28. The predicted octanol–water partition coefficient (Wildman–Crippen LogP) is 3.74. The number of hydrogen-bond donors (Lipinski definition) is 2. The zero-order valence-corrected chi connectivity index (χ0v) is 15.5. The zero-order chi connectivity index (χ0) is 18.4. The summed E-state index contributed by atoms with van der Waals surface area (Å²) in [6.07, 6.45) is -3.22. The van der Waals surface area contributed by atoms with Gasteiger partial charge >= 0.3 is 6.18 Å². The van der Waals surface area contributed by atoms with Crippen molar-refractivity contribution in [2.45, 2.75) is 46.3 Å². The molecule has 4 nitrogen and oxygen atoms in total. The molecule has 0 unspecified atom stereocenters. The van der Waals surface area contributed by atoms with Gasteiger partial charge in [-0.15, -0.1) is 12.4 Å². The molecule has 144 valence electrons. The van der Waals surface area contributed by atoms with Crippen LogP contribution in [0, 0.1) is 12.3 Å². The maximum atomic E-state index is 12.4. The quantitative estimate of drug-likeness (QED) is 0.719. The van der Waals surface area contributed by atoms with Gasteiger partial charge in [0.1, 0.15) is 5.75 Å². The lowest BCUT2D eigenvalue weighted by Gasteiger charge is -2.28. The Balaban J connectivity index is 0.00000576. The lowest BCUT2D eigenvalue weighted by molar-refractivity contribution is -0.153. The minimum atomic E-state index is -4.41. The molecule has 0 fully saturated rings. The van der Waals surface area contributed by atoms with Gasteiger partial charge in [0, 0.05) is 18.7 Å². The van der Waals surface area contributed by atoms with Crippen molar-refractivity contribution in [2.75, 3.05) is 13.2 Å². The molecule has 0 aliphatic rings. The van der Waals surface area contributed by atoms with Crippen molar-refractivity contribution in [2.24, 2.45) is 11.1 Å². The van der Waals surface area contributed by atoms with Gasteiger partial charge in [-0.3, -0.25) is 4.79 Å². The van der Waals surface area contributed by atoms with Crippen LogP contribution in [0.2, 0.25) is 0 Å². The summed E-state index contributed by atoms with van der Waals surface area (Å²) in [5.74, 6) is -0.0729. The molecule has 1 aromatic carbocycles. The molecule has 3 N–H and O–H groups in total. The first-order chi connectivity index (χ1) is 11.2. The third kappa shape index (κ3) is 6.74. The fourth-order valence-electron chi connectivity index (χ4n) is 2.42. The first-order valence-electron chi connectivity index (χ1n) is 7.95. The molecule has 0 aliphatic heterocycles. The van der Waals surface area contributed by atoms with Crippen molar-refractivity contribution in [1.82, 2.24) is 5.32 Å². The van der Waals surface area contributed by atoms with Crippen molar-refractivity contribution in [3.8, 4) is 5.75 Å². The summed E-state index contributed by atoms with van der Waals surface area (Å²) >= 11 is 0. The van der Waals surface area contributed by atoms with Gasteiger partial charge < -0.3 is 15.8 Å². The second-order valence-corrected chi connectivity index (χ2v) is 5.89. The van der Waals surface area contributed by atoms with Gasteiger partial charge in [-0.1, -0.05) is 26.0 Å². The first kappa shape index (κ1) is 23.5. The molecule has 8 heteroatoms. The van der Waals surface area contributed by atoms with Gasteiger partial charge in [-0.2, -0.15) is 13.2 Å². The van der Waals surface area contributed by atoms with E-state index in [9.17, 15) is 18.0 Å². The van der Waals surface area contributed by atoms with Crippen LogP contribution in [0.4, 0.5) is 13.2 Å². The Morgan fingerprint density at radius 1 is 1.24 bits per heavy atom. The highest BCUT2D eigenvalue weighted by Gasteiger charge is 2.33. The Bertz CT molecular complexity index is 553. The lowest BCUT2D eigenvalue weighted by Crippen LogP contribution is -2.45. The summed E-state index contributed by atoms with van der Waals surface area (Å²) in [6, 6.07) is 4.95. The van der Waals surface area contributed by atoms with E-state index >= 15 is 0 Å². The van der Waals surface area contributed by atoms with E-state index in [1.165, 1.54) is 6.07 Å². The van der Waals surface area contributed by atoms with Crippen LogP contribution in [0.25, 0.3) is 0 Å². The minimum absolute atomic E-state index is 0. The Morgan fingerprint density at radius 2 is 1.84 bits per heavy atom. The number of hydrogen-bond acceptors (Lipinski definition) is 3. The zero-order valence-electron chi connectivity index (χ0n) is 14.7. The highest BCUT2D eigenvalue weighted by Crippen LogP contribution is 2.27. The molecule has 0 heterocycles. The van der Waals surface area contributed by atoms with Gasteiger partial charge in [0.2, 0.25) is 5.91 Å². The molecule has 0 radical (unpaired) electrons. The van der Waals surface area contributed by atoms with Gasteiger partial charge in [-0.05, 0) is 31.4 Å². The second kappa shape index (κ2) is 9.87. The molecule has 1 aromatic rings. The number of nitrogens with one attached hydrogen (secondary N) is 1. The van der Waals surface area contributed by atoms with Crippen LogP contribution in [-0.4, -0.2) is 25.2 Å². The summed E-state index contributed by atoms with van der Waals surface area (Å²) in [4.78, 5) is 12.4. The van der Waals surface area contributed by atoms with E-state index in [4.69, 9.17) is 10.5 Å². The summed E-state index contributed by atoms with van der Waals surface area (Å²) in [7, 11) is 0. The maximum absolute atomic E-state index is 12.4. The predicted molar refractivity (Wildman–Crippen MR) is 93.9 cm³/mol. The van der Waals surface area contributed by atoms with Crippen LogP contribution in [0.1, 0.15) is 37.8 Å². The van der Waals surface area contributed by atoms with Crippen molar-refractivity contribution in [3.63, 3.8) is 0 Å². The monoisotopic (exact) mass is 382 g/mol. The number of aryl methyl sites for hydroxylation is 1. The van der Waals surface area contributed by atoms with Crippen LogP contribution < -0.4 is 15.8 Å². The SMILES string of the molecule is CCC(CC)(CN)C(=O)NCc1ccc(C)cc1OCC(F)(F)F.Cl. The van der Waals surface area contributed by atoms with E-state index in [0.29, 0.717) is 18.4 Å². The number of halogens is 4. The molecule has 0 saturated carbocycles. The summed E-state index contributed by atoms with van der Waals surface area (Å²) < 4.78 is 42.0. The van der Waals surface area contributed by atoms with Crippen LogP contribution in [0.5, 0.6) is 5.75 Å². The molecule has 25 heavy (non-hydrogen) atoms. The highest BCUT2D eigenvalue weighted by atomic mass is 35.5. The van der Waals surface area contributed by atoms with Crippen LogP contribution >= 0.6 is 12.4 Å². The molecule has 0 bridgehead atoms. The Kier molecular flexibility index (Phi) is 9.29. The number of nitrogens with two attached hydrogens (primary N) is 1. The normalized spacial score (nSPS) is 11.6. The van der Waals surface area contributed by atoms with Crippen molar-refractivity contribution in [1.29, 1.82) is 0 Å². The van der Waals surface area contributed by atoms with Crippen molar-refractivity contribution in [3.05, 3.63) is 29.3 Å². The molecule has 1 rings (SSSR count). The summed E-state index contributed by atoms with van der Waals surface area (Å²) in [5, 5.41) is 2.77. The summed E-state index contributed by atoms with van der Waals surface area (Å²) in [5.41, 5.74) is 6.35. The van der Waals surface area contributed by atoms with Crippen molar-refractivity contribution < 1.29 is 22.7 Å². The molecule has 0 atom stereocenters. The van der Waals surface area contributed by atoms with E-state index in [2.05, 4.69) is 5.32 Å². The molecule has 0 aliphatic carbocycles. The number of benzene rings is 1. The smallest absolute Gasteiger partial charge is 0.422 e. The van der Waals surface area contributed by atoms with Crippen LogP contribution in [0.3, 0.4) is 0 Å². The van der Waals surface area contributed by atoms with Gasteiger partial charge in [0.25, 0.3) is 0 Å². The highest BCUT2D eigenvalue weighted by molar-refractivity contribution is 5.85. The number of carbonyl (C=O) groups is 1. The number of amides is 1. The number of ether oxygens (including phenoxy) is 1. The molecule has 0 aromatic heterocycles. The Labute approximate surface area is 152 Å². The van der Waals surface area contributed by atoms with Crippen molar-refractivity contribution >= 4 is 18.3 Å². The fourth-order valence-corrected chi connectivity index (χ4v) is 2.42. The van der Waals surface area contributed by atoms with E-state index < -0.39 is 18.2 Å². The van der Waals surface area contributed by atoms with Gasteiger partial charge in [0.15, 0.2) is 6.61 Å². The molecular formula is C17H26ClF3N2O2. The average Bonchev–Trinajstić information content (AvgIpc) is 2.53. The van der Waals surface area contributed by atoms with E-state index in [0.717, 1.165) is 5.56 Å². The van der Waals surface area contributed by atoms with Gasteiger partial charge in [0.05, 0.1) is 5.41 Å². The molecular weight excluding hydrogens is 357 g/mol. The lowest BCUT2D eigenvalue weighted by atomic mass is 9.81. The molecule has 1 amide bonds.